The van der Waals surface area contributed by atoms with Crippen LogP contribution in [0.15, 0.2) is 0 Å². The third kappa shape index (κ3) is 60.3. The SMILES string of the molecule is C1CCC1.C1CCC1.C1CCC1.C1CCC1.C1CCC1.C1CCC1.C1CCC1.C1CCC1.C1CCC1.C1CCC1.C1CCC1.C1CCC1.C1CCC1.C1CCC1.C1CCC1.C1CCC1.C1CCC1. The van der Waals surface area contributed by atoms with Gasteiger partial charge < -0.3 is 0 Å². The Bertz CT molecular complexity index is 414. The highest BCUT2D eigenvalue weighted by atomic mass is 14.1. The van der Waals surface area contributed by atoms with Gasteiger partial charge in [-0.05, 0) is 0 Å². The Hall–Kier alpha value is 0. The summed E-state index contributed by atoms with van der Waals surface area (Å²) in [4.78, 5) is 0. The van der Waals surface area contributed by atoms with Gasteiger partial charge in [0.2, 0.25) is 0 Å². The summed E-state index contributed by atoms with van der Waals surface area (Å²) in [5, 5.41) is 0. The van der Waals surface area contributed by atoms with Crippen molar-refractivity contribution in [2.75, 3.05) is 0 Å². The Morgan fingerprint density at radius 2 is 0.0441 bits per heavy atom. The van der Waals surface area contributed by atoms with E-state index >= 15 is 0 Å². The average molecular weight is 954 g/mol. The summed E-state index contributed by atoms with van der Waals surface area (Å²) in [6.45, 7) is 0. The van der Waals surface area contributed by atoms with E-state index in [1.54, 1.807) is 0 Å². The van der Waals surface area contributed by atoms with E-state index in [-0.39, 0.29) is 0 Å². The number of rotatable bonds is 0. The predicted octanol–water partition coefficient (Wildman–Crippen LogP) is 26.5. The second-order valence-electron chi connectivity index (χ2n) is 24.0. The van der Waals surface area contributed by atoms with Crippen molar-refractivity contribution in [3.05, 3.63) is 0 Å². The fourth-order valence-corrected chi connectivity index (χ4v) is 4.25. The first kappa shape index (κ1) is 66.0. The highest BCUT2D eigenvalue weighted by Gasteiger charge is 2.01. The van der Waals surface area contributed by atoms with Gasteiger partial charge in [0.05, 0.1) is 0 Å². The maximum absolute atomic E-state index is 1.50. The minimum Gasteiger partial charge on any atom is -0.0533 e. The zero-order valence-corrected chi connectivity index (χ0v) is 48.1. The monoisotopic (exact) mass is 953 g/mol. The summed E-state index contributed by atoms with van der Waals surface area (Å²) in [6, 6.07) is 0. The van der Waals surface area contributed by atoms with Gasteiger partial charge in [-0.15, -0.1) is 0 Å². The van der Waals surface area contributed by atoms with Crippen molar-refractivity contribution < 1.29 is 0 Å². The first-order valence-corrected chi connectivity index (χ1v) is 34.0. The molecule has 0 N–H and O–H groups in total. The van der Waals surface area contributed by atoms with Crippen LogP contribution in [-0.4, -0.2) is 0 Å². The van der Waals surface area contributed by atoms with Crippen LogP contribution in [0.25, 0.3) is 0 Å². The Morgan fingerprint density at radius 3 is 0.0441 bits per heavy atom. The molecule has 0 aliphatic heterocycles. The van der Waals surface area contributed by atoms with E-state index in [9.17, 15) is 0 Å². The van der Waals surface area contributed by atoms with Gasteiger partial charge in [0.25, 0.3) is 0 Å². The van der Waals surface area contributed by atoms with Crippen molar-refractivity contribution in [3.8, 4) is 0 Å². The lowest BCUT2D eigenvalue weighted by Crippen LogP contribution is -1.85. The molecule has 68 heavy (non-hydrogen) atoms. The zero-order valence-electron chi connectivity index (χ0n) is 48.1. The second-order valence-corrected chi connectivity index (χ2v) is 24.0. The van der Waals surface area contributed by atoms with E-state index in [1.807, 2.05) is 0 Å². The van der Waals surface area contributed by atoms with Crippen LogP contribution in [0.3, 0.4) is 0 Å². The van der Waals surface area contributed by atoms with Crippen LogP contribution >= 0.6 is 0 Å². The molecule has 17 fully saturated rings. The van der Waals surface area contributed by atoms with Crippen LogP contribution in [0.5, 0.6) is 0 Å². The fraction of sp³-hybridized carbons (Fsp3) is 1.00. The number of hydrogen-bond acceptors (Lipinski definition) is 0. The summed E-state index contributed by atoms with van der Waals surface area (Å²) in [6.07, 6.45) is 102. The molecule has 0 heterocycles. The summed E-state index contributed by atoms with van der Waals surface area (Å²) in [5.41, 5.74) is 0. The molecule has 0 aromatic heterocycles. The Balaban J connectivity index is 0.000000361. The van der Waals surface area contributed by atoms with Gasteiger partial charge in [0.1, 0.15) is 0 Å². The van der Waals surface area contributed by atoms with Crippen molar-refractivity contribution in [3.63, 3.8) is 0 Å². The molecule has 0 aromatic carbocycles. The Kier molecular flexibility index (Phi) is 61.3. The van der Waals surface area contributed by atoms with Crippen LogP contribution in [0.1, 0.15) is 437 Å². The molecule has 17 saturated carbocycles. The lowest BCUT2D eigenvalue weighted by molar-refractivity contribution is 0.504. The van der Waals surface area contributed by atoms with Gasteiger partial charge in [0.15, 0.2) is 0 Å². The Morgan fingerprint density at radius 1 is 0.0294 bits per heavy atom. The summed E-state index contributed by atoms with van der Waals surface area (Å²) in [7, 11) is 0. The third-order valence-electron chi connectivity index (χ3n) is 17.0. The summed E-state index contributed by atoms with van der Waals surface area (Å²) >= 11 is 0. The van der Waals surface area contributed by atoms with Crippen molar-refractivity contribution in [2.45, 2.75) is 437 Å². The number of hydrogen-bond donors (Lipinski definition) is 0. The minimum absolute atomic E-state index is 1.50. The quantitative estimate of drug-likeness (QED) is 0.227. The van der Waals surface area contributed by atoms with Crippen LogP contribution < -0.4 is 0 Å². The van der Waals surface area contributed by atoms with E-state index < -0.39 is 0 Å². The van der Waals surface area contributed by atoms with Gasteiger partial charge in [-0.3, -0.25) is 0 Å². The minimum atomic E-state index is 1.50. The van der Waals surface area contributed by atoms with E-state index in [0.717, 1.165) is 0 Å². The molecule has 0 amide bonds. The molecular formula is C68H136. The molecule has 17 aliphatic rings. The van der Waals surface area contributed by atoms with Crippen molar-refractivity contribution >= 4 is 0 Å². The first-order valence-electron chi connectivity index (χ1n) is 34.0. The molecular weight excluding hydrogens is 817 g/mol. The molecule has 0 spiro atoms. The van der Waals surface area contributed by atoms with E-state index in [4.69, 9.17) is 0 Å². The lowest BCUT2D eigenvalue weighted by Gasteiger charge is -2.05. The molecule has 17 rings (SSSR count). The standard InChI is InChI=1S/17C4H8/c17*1-2-4-3-1/h17*1-4H2. The van der Waals surface area contributed by atoms with Gasteiger partial charge in [-0.2, -0.15) is 0 Å². The molecule has 0 bridgehead atoms. The second kappa shape index (κ2) is 63.1. The van der Waals surface area contributed by atoms with E-state index in [0.29, 0.717) is 0 Å². The maximum Gasteiger partial charge on any atom is -0.0533 e. The predicted molar refractivity (Wildman–Crippen MR) is 314 cm³/mol. The summed E-state index contributed by atoms with van der Waals surface area (Å²) < 4.78 is 0. The van der Waals surface area contributed by atoms with Crippen molar-refractivity contribution in [1.82, 2.24) is 0 Å². The third-order valence-corrected chi connectivity index (χ3v) is 17.0. The normalized spacial score (nSPS) is 24.0. The average Bonchev–Trinajstić information content (AvgIpc) is 2.75. The molecule has 0 atom stereocenters. The highest BCUT2D eigenvalue weighted by Crippen LogP contribution is 2.21. The maximum atomic E-state index is 1.50. The molecule has 17 aliphatic carbocycles. The van der Waals surface area contributed by atoms with Crippen molar-refractivity contribution in [1.29, 1.82) is 0 Å². The topological polar surface area (TPSA) is 0 Å². The van der Waals surface area contributed by atoms with Gasteiger partial charge in [-0.1, -0.05) is 437 Å². The van der Waals surface area contributed by atoms with Gasteiger partial charge in [-0.25, -0.2) is 0 Å². The van der Waals surface area contributed by atoms with Gasteiger partial charge in [0, 0.05) is 0 Å². The summed E-state index contributed by atoms with van der Waals surface area (Å²) in [5.74, 6) is 0. The molecule has 0 heteroatoms. The molecule has 0 nitrogen and oxygen atoms in total. The molecule has 0 unspecified atom stereocenters. The zero-order chi connectivity index (χ0) is 48.1. The highest BCUT2D eigenvalue weighted by molar-refractivity contribution is 4.57. The van der Waals surface area contributed by atoms with E-state index in [1.165, 1.54) is 437 Å². The van der Waals surface area contributed by atoms with E-state index in [2.05, 4.69) is 0 Å². The van der Waals surface area contributed by atoms with Crippen LogP contribution in [0.4, 0.5) is 0 Å². The van der Waals surface area contributed by atoms with Crippen LogP contribution in [-0.2, 0) is 0 Å². The largest absolute Gasteiger partial charge is 0.0533 e. The van der Waals surface area contributed by atoms with Crippen LogP contribution in [0, 0.1) is 0 Å². The van der Waals surface area contributed by atoms with Crippen LogP contribution in [0.2, 0.25) is 0 Å². The molecule has 0 saturated heterocycles. The van der Waals surface area contributed by atoms with Crippen molar-refractivity contribution in [2.24, 2.45) is 0 Å². The fourth-order valence-electron chi connectivity index (χ4n) is 4.25. The first-order chi connectivity index (χ1) is 34.0. The molecule has 0 radical (unpaired) electrons. The van der Waals surface area contributed by atoms with Gasteiger partial charge >= 0.3 is 0 Å². The molecule has 0 aromatic rings. The molecule has 408 valence electrons. The Labute approximate surface area is 434 Å². The smallest absolute Gasteiger partial charge is 0.0533 e. The lowest BCUT2D eigenvalue weighted by atomic mass is 10.0.